The van der Waals surface area contributed by atoms with E-state index >= 15 is 0 Å². The molecule has 1 heterocycles. The smallest absolute Gasteiger partial charge is 0.272 e. The Morgan fingerprint density at radius 1 is 1.50 bits per heavy atom. The number of likely N-dealkylation sites (tertiary alicyclic amines) is 1. The molecule has 3 heteroatoms. The van der Waals surface area contributed by atoms with Crippen molar-refractivity contribution < 1.29 is 8.78 Å². The van der Waals surface area contributed by atoms with E-state index in [1.165, 1.54) is 0 Å². The molecule has 0 radical (unpaired) electrons. The van der Waals surface area contributed by atoms with Crippen LogP contribution in [-0.4, -0.2) is 30.5 Å². The number of halogens is 2. The zero-order valence-electron chi connectivity index (χ0n) is 4.82. The van der Waals surface area contributed by atoms with Crippen LogP contribution >= 0.6 is 0 Å². The zero-order valence-corrected chi connectivity index (χ0v) is 4.82. The zero-order chi connectivity index (χ0) is 6.20. The van der Waals surface area contributed by atoms with Gasteiger partial charge in [-0.05, 0) is 6.54 Å². The maximum Gasteiger partial charge on any atom is 0.272 e. The van der Waals surface area contributed by atoms with Crippen LogP contribution < -0.4 is 0 Å². The number of hydrogen-bond acceptors (Lipinski definition) is 1. The number of nitrogens with zero attached hydrogens (tertiary/aromatic N) is 1. The number of rotatable bonds is 1. The van der Waals surface area contributed by atoms with Crippen molar-refractivity contribution in [2.75, 3.05) is 19.6 Å². The van der Waals surface area contributed by atoms with E-state index in [-0.39, 0.29) is 13.1 Å². The molecule has 1 fully saturated rings. The molecule has 1 aliphatic rings. The Labute approximate surface area is 47.3 Å². The van der Waals surface area contributed by atoms with Crippen LogP contribution in [0.5, 0.6) is 0 Å². The van der Waals surface area contributed by atoms with Crippen LogP contribution in [0.4, 0.5) is 8.78 Å². The molecule has 1 saturated heterocycles. The molecule has 0 unspecified atom stereocenters. The van der Waals surface area contributed by atoms with Crippen molar-refractivity contribution in [2.45, 2.75) is 12.8 Å². The normalized spacial score (nSPS) is 27.4. The molecule has 0 amide bonds. The van der Waals surface area contributed by atoms with Gasteiger partial charge in [0.1, 0.15) is 0 Å². The summed E-state index contributed by atoms with van der Waals surface area (Å²) in [5.74, 6) is -2.38. The summed E-state index contributed by atoms with van der Waals surface area (Å²) in [6.45, 7) is 2.55. The van der Waals surface area contributed by atoms with E-state index in [2.05, 4.69) is 0 Å². The predicted octanol–water partition coefficient (Wildman–Crippen LogP) is 0.957. The standard InChI is InChI=1S/C5H9F2N/c1-2-8-3-5(6,7)4-8/h2-4H2,1H3. The minimum atomic E-state index is -2.38. The molecule has 0 bridgehead atoms. The first-order valence-electron chi connectivity index (χ1n) is 2.74. The second-order valence-corrected chi connectivity index (χ2v) is 2.16. The molecule has 1 nitrogen and oxygen atoms in total. The lowest BCUT2D eigenvalue weighted by atomic mass is 10.1. The van der Waals surface area contributed by atoms with Crippen LogP contribution in [0.1, 0.15) is 6.92 Å². The molecule has 0 aliphatic carbocycles. The fourth-order valence-corrected chi connectivity index (χ4v) is 0.832. The van der Waals surface area contributed by atoms with E-state index in [0.29, 0.717) is 0 Å². The van der Waals surface area contributed by atoms with Crippen LogP contribution in [0.3, 0.4) is 0 Å². The molecule has 0 aromatic carbocycles. The second kappa shape index (κ2) is 1.65. The van der Waals surface area contributed by atoms with E-state index in [0.717, 1.165) is 6.54 Å². The maximum atomic E-state index is 11.9. The molecule has 48 valence electrons. The summed E-state index contributed by atoms with van der Waals surface area (Å²) < 4.78 is 23.9. The lowest BCUT2D eigenvalue weighted by Crippen LogP contribution is -2.55. The van der Waals surface area contributed by atoms with Gasteiger partial charge >= 0.3 is 0 Å². The molecule has 0 aromatic rings. The van der Waals surface area contributed by atoms with Gasteiger partial charge in [0, 0.05) is 0 Å². The van der Waals surface area contributed by atoms with Gasteiger partial charge < -0.3 is 0 Å². The first kappa shape index (κ1) is 5.95. The highest BCUT2D eigenvalue weighted by molar-refractivity contribution is 4.85. The highest BCUT2D eigenvalue weighted by Crippen LogP contribution is 2.25. The van der Waals surface area contributed by atoms with Crippen LogP contribution in [-0.2, 0) is 0 Å². The number of hydrogen-bond donors (Lipinski definition) is 0. The van der Waals surface area contributed by atoms with Gasteiger partial charge in [-0.2, -0.15) is 0 Å². The van der Waals surface area contributed by atoms with Gasteiger partial charge in [-0.15, -0.1) is 0 Å². The first-order chi connectivity index (χ1) is 3.64. The van der Waals surface area contributed by atoms with E-state index in [9.17, 15) is 8.78 Å². The Morgan fingerprint density at radius 3 is 2.12 bits per heavy atom. The SMILES string of the molecule is CCN1CC(F)(F)C1. The molecule has 0 aromatic heterocycles. The quantitative estimate of drug-likeness (QED) is 0.499. The molecule has 8 heavy (non-hydrogen) atoms. The Balaban J connectivity index is 2.21. The number of alkyl halides is 2. The summed E-state index contributed by atoms with van der Waals surface area (Å²) in [5.41, 5.74) is 0. The Bertz CT molecular complexity index is 84.4. The van der Waals surface area contributed by atoms with Crippen molar-refractivity contribution >= 4 is 0 Å². The Hall–Kier alpha value is -0.180. The summed E-state index contributed by atoms with van der Waals surface area (Å²) in [5, 5.41) is 0. The van der Waals surface area contributed by atoms with Crippen LogP contribution in [0.15, 0.2) is 0 Å². The van der Waals surface area contributed by atoms with Crippen molar-refractivity contribution in [2.24, 2.45) is 0 Å². The second-order valence-electron chi connectivity index (χ2n) is 2.16. The monoisotopic (exact) mass is 121 g/mol. The third-order valence-corrected chi connectivity index (χ3v) is 1.36. The molecule has 0 N–H and O–H groups in total. The van der Waals surface area contributed by atoms with Gasteiger partial charge in [0.05, 0.1) is 13.1 Å². The molecular weight excluding hydrogens is 112 g/mol. The molecular formula is C5H9F2N. The van der Waals surface area contributed by atoms with Crippen LogP contribution in [0, 0.1) is 0 Å². The van der Waals surface area contributed by atoms with E-state index in [4.69, 9.17) is 0 Å². The molecule has 1 aliphatic heterocycles. The van der Waals surface area contributed by atoms with Gasteiger partial charge in [0.2, 0.25) is 0 Å². The van der Waals surface area contributed by atoms with Crippen molar-refractivity contribution in [1.29, 1.82) is 0 Å². The third kappa shape index (κ3) is 0.968. The van der Waals surface area contributed by atoms with E-state index in [1.54, 1.807) is 4.90 Å². The van der Waals surface area contributed by atoms with Crippen molar-refractivity contribution in [1.82, 2.24) is 4.90 Å². The lowest BCUT2D eigenvalue weighted by Gasteiger charge is -2.37. The minimum absolute atomic E-state index is 0.0382. The van der Waals surface area contributed by atoms with Crippen molar-refractivity contribution in [3.63, 3.8) is 0 Å². The summed E-state index contributed by atoms with van der Waals surface area (Å²) >= 11 is 0. The highest BCUT2D eigenvalue weighted by atomic mass is 19.3. The van der Waals surface area contributed by atoms with Gasteiger partial charge in [-0.1, -0.05) is 6.92 Å². The van der Waals surface area contributed by atoms with Gasteiger partial charge in [0.15, 0.2) is 0 Å². The van der Waals surface area contributed by atoms with Crippen molar-refractivity contribution in [3.8, 4) is 0 Å². The summed E-state index contributed by atoms with van der Waals surface area (Å²) in [6, 6.07) is 0. The predicted molar refractivity (Wildman–Crippen MR) is 27.1 cm³/mol. The van der Waals surface area contributed by atoms with Crippen LogP contribution in [0.2, 0.25) is 0 Å². The van der Waals surface area contributed by atoms with Crippen molar-refractivity contribution in [3.05, 3.63) is 0 Å². The first-order valence-corrected chi connectivity index (χ1v) is 2.74. The van der Waals surface area contributed by atoms with E-state index < -0.39 is 5.92 Å². The fourth-order valence-electron chi connectivity index (χ4n) is 0.832. The fraction of sp³-hybridized carbons (Fsp3) is 1.00. The van der Waals surface area contributed by atoms with Crippen LogP contribution in [0.25, 0.3) is 0 Å². The summed E-state index contributed by atoms with van der Waals surface area (Å²) in [6.07, 6.45) is 0. The highest BCUT2D eigenvalue weighted by Gasteiger charge is 2.42. The van der Waals surface area contributed by atoms with Gasteiger partial charge in [0.25, 0.3) is 5.92 Å². The lowest BCUT2D eigenvalue weighted by molar-refractivity contribution is -0.128. The minimum Gasteiger partial charge on any atom is -0.292 e. The molecule has 0 atom stereocenters. The molecule has 0 saturated carbocycles. The van der Waals surface area contributed by atoms with Gasteiger partial charge in [-0.25, -0.2) is 8.78 Å². The largest absolute Gasteiger partial charge is 0.292 e. The maximum absolute atomic E-state index is 11.9. The van der Waals surface area contributed by atoms with Gasteiger partial charge in [-0.3, -0.25) is 4.90 Å². The molecule has 0 spiro atoms. The topological polar surface area (TPSA) is 3.24 Å². The Kier molecular flexibility index (Phi) is 1.23. The summed E-state index contributed by atoms with van der Waals surface area (Å²) in [7, 11) is 0. The Morgan fingerprint density at radius 2 is 2.00 bits per heavy atom. The average Bonchev–Trinajstić information content (AvgIpc) is 1.60. The third-order valence-electron chi connectivity index (χ3n) is 1.36. The summed E-state index contributed by atoms with van der Waals surface area (Å²) in [4.78, 5) is 1.71. The average molecular weight is 121 g/mol. The van der Waals surface area contributed by atoms with E-state index in [1.807, 2.05) is 6.92 Å². The molecule has 1 rings (SSSR count).